The third kappa shape index (κ3) is 4.70. The molecule has 0 atom stereocenters. The van der Waals surface area contributed by atoms with Crippen molar-refractivity contribution in [2.45, 2.75) is 87.0 Å². The van der Waals surface area contributed by atoms with Crippen LogP contribution in [-0.4, -0.2) is 20.3 Å². The zero-order valence-corrected chi connectivity index (χ0v) is 35.1. The molecule has 5 aromatic carbocycles. The summed E-state index contributed by atoms with van der Waals surface area (Å²) in [5, 5.41) is 2.20. The molecule has 11 rings (SSSR count). The van der Waals surface area contributed by atoms with Crippen molar-refractivity contribution in [2.24, 2.45) is 0 Å². The van der Waals surface area contributed by atoms with Crippen LogP contribution in [0.3, 0.4) is 0 Å². The first-order chi connectivity index (χ1) is 27.6. The monoisotopic (exact) mass is 770 g/mol. The molecule has 292 valence electrons. The summed E-state index contributed by atoms with van der Waals surface area (Å²) in [6.07, 6.45) is 0. The number of hydrogen-bond donors (Lipinski definition) is 0. The molecule has 0 spiro atoms. The predicted molar refractivity (Wildman–Crippen MR) is 233 cm³/mol. The Kier molecular flexibility index (Phi) is 7.04. The van der Waals surface area contributed by atoms with Gasteiger partial charge in [-0.15, -0.1) is 0 Å². The van der Waals surface area contributed by atoms with Crippen LogP contribution in [0.15, 0.2) is 69.5 Å². The molecule has 0 radical (unpaired) electrons. The minimum absolute atomic E-state index is 0.0791. The lowest BCUT2D eigenvalue weighted by atomic mass is 9.33. The van der Waals surface area contributed by atoms with Gasteiger partial charge in [0, 0.05) is 44.2 Å². The average molecular weight is 771 g/mol. The normalized spacial score (nSPS) is 15.1. The number of anilines is 6. The summed E-state index contributed by atoms with van der Waals surface area (Å²) in [5.41, 5.74) is 16.9. The van der Waals surface area contributed by atoms with Gasteiger partial charge >= 0.3 is 0 Å². The van der Waals surface area contributed by atoms with E-state index in [1.807, 2.05) is 0 Å². The van der Waals surface area contributed by atoms with Crippen molar-refractivity contribution in [3.8, 4) is 23.0 Å². The molecule has 0 saturated heterocycles. The zero-order valence-electron chi connectivity index (χ0n) is 35.1. The second-order valence-corrected chi connectivity index (χ2v) is 18.7. The summed E-state index contributed by atoms with van der Waals surface area (Å²) in [5.74, 6) is 4.67. The van der Waals surface area contributed by atoms with E-state index in [1.165, 1.54) is 16.6 Å². The number of fused-ring (bicyclic) bond motifs is 10. The van der Waals surface area contributed by atoms with Crippen LogP contribution in [0, 0.1) is 34.6 Å². The Morgan fingerprint density at radius 2 is 0.948 bits per heavy atom. The van der Waals surface area contributed by atoms with Gasteiger partial charge in [-0.25, -0.2) is 0 Å². The number of furan rings is 2. The minimum atomic E-state index is -0.222. The highest BCUT2D eigenvalue weighted by atomic mass is 16.7. The molecule has 6 heterocycles. The molecular weight excluding hydrogens is 723 g/mol. The summed E-state index contributed by atoms with van der Waals surface area (Å²) in [6.45, 7) is 24.5. The van der Waals surface area contributed by atoms with Crippen molar-refractivity contribution in [3.05, 3.63) is 99.6 Å². The van der Waals surface area contributed by atoms with E-state index in [4.69, 9.17) is 27.8 Å². The van der Waals surface area contributed by atoms with Gasteiger partial charge in [-0.05, 0) is 127 Å². The second kappa shape index (κ2) is 11.6. The van der Waals surface area contributed by atoms with Crippen LogP contribution in [0.4, 0.5) is 34.5 Å². The topological polar surface area (TPSA) is 69.7 Å². The molecule has 4 aliphatic heterocycles. The lowest BCUT2D eigenvalue weighted by molar-refractivity contribution is 0.173. The molecule has 0 N–H and O–H groups in total. The highest BCUT2D eigenvalue weighted by molar-refractivity contribution is 7.02. The number of nitrogens with zero attached hydrogens (tertiary/aromatic N) is 2. The molecule has 0 unspecified atom stereocenters. The highest BCUT2D eigenvalue weighted by Gasteiger charge is 2.50. The lowest BCUT2D eigenvalue weighted by Crippen LogP contribution is -2.61. The van der Waals surface area contributed by atoms with Crippen LogP contribution in [0.1, 0.15) is 80.5 Å². The van der Waals surface area contributed by atoms with Gasteiger partial charge in [0.2, 0.25) is 25.4 Å². The van der Waals surface area contributed by atoms with E-state index in [2.05, 4.69) is 147 Å². The lowest BCUT2D eigenvalue weighted by Gasteiger charge is -2.42. The zero-order chi connectivity index (χ0) is 40.3. The number of aryl methyl sites for hydroxylation is 3. The molecule has 9 heteroatoms. The van der Waals surface area contributed by atoms with Gasteiger partial charge in [0.25, 0.3) is 6.71 Å². The third-order valence-corrected chi connectivity index (χ3v) is 12.7. The molecule has 0 amide bonds. The van der Waals surface area contributed by atoms with E-state index in [0.717, 1.165) is 118 Å². The Bertz CT molecular complexity index is 2760. The van der Waals surface area contributed by atoms with Crippen molar-refractivity contribution < 1.29 is 27.8 Å². The van der Waals surface area contributed by atoms with Crippen LogP contribution >= 0.6 is 0 Å². The van der Waals surface area contributed by atoms with Crippen LogP contribution < -0.4 is 45.1 Å². The number of ether oxygens (including phenoxy) is 4. The minimum Gasteiger partial charge on any atom is -0.454 e. The quantitative estimate of drug-likeness (QED) is 0.161. The second-order valence-electron chi connectivity index (χ2n) is 18.7. The Hall–Kier alpha value is -5.96. The van der Waals surface area contributed by atoms with Crippen molar-refractivity contribution in [2.75, 3.05) is 23.4 Å². The number of hydrogen-bond acceptors (Lipinski definition) is 8. The van der Waals surface area contributed by atoms with Gasteiger partial charge in [-0.2, -0.15) is 0 Å². The SMILES string of the molecule is Cc1cc2c3c(c1)N(c1c(C)cc4c(c1C)OCO4)c1oc4ccc(C(C)(C)C)cc4c1B3c1c(oc3ccc(C(C)(C)C)cc13)N2c1c(C)cc2c(c1C)OCO2. The van der Waals surface area contributed by atoms with Crippen LogP contribution in [0.5, 0.6) is 23.0 Å². The molecule has 4 aliphatic rings. The van der Waals surface area contributed by atoms with Gasteiger partial charge < -0.3 is 27.8 Å². The van der Waals surface area contributed by atoms with Gasteiger partial charge in [0.15, 0.2) is 23.0 Å². The highest BCUT2D eigenvalue weighted by Crippen LogP contribution is 2.54. The molecular formula is C49H47BN2O6. The first kappa shape index (κ1) is 35.2. The van der Waals surface area contributed by atoms with Crippen molar-refractivity contribution in [1.82, 2.24) is 0 Å². The summed E-state index contributed by atoms with van der Waals surface area (Å²) in [6, 6.07) is 22.3. The Morgan fingerprint density at radius 3 is 1.36 bits per heavy atom. The maximum absolute atomic E-state index is 7.21. The molecule has 7 aromatic rings. The average Bonchev–Trinajstić information content (AvgIpc) is 3.97. The summed E-state index contributed by atoms with van der Waals surface area (Å²) < 4.78 is 38.6. The van der Waals surface area contributed by atoms with E-state index in [-0.39, 0.29) is 31.1 Å². The van der Waals surface area contributed by atoms with Crippen LogP contribution in [0.2, 0.25) is 0 Å². The maximum Gasteiger partial charge on any atom is 0.262 e. The Morgan fingerprint density at radius 1 is 0.517 bits per heavy atom. The van der Waals surface area contributed by atoms with Crippen LogP contribution in [-0.2, 0) is 10.8 Å². The fourth-order valence-electron chi connectivity index (χ4n) is 9.95. The number of benzene rings is 5. The van der Waals surface area contributed by atoms with E-state index in [1.54, 1.807) is 0 Å². The molecule has 2 aromatic heterocycles. The predicted octanol–water partition coefficient (Wildman–Crippen LogP) is 10.9. The van der Waals surface area contributed by atoms with Gasteiger partial charge in [0.05, 0.1) is 11.4 Å². The molecule has 0 aliphatic carbocycles. The maximum atomic E-state index is 7.21. The molecule has 0 saturated carbocycles. The summed E-state index contributed by atoms with van der Waals surface area (Å²) in [7, 11) is 0. The van der Waals surface area contributed by atoms with E-state index in [0.29, 0.717) is 0 Å². The number of rotatable bonds is 2. The standard InChI is InChI=1S/C49H47BN2O6/c1-24-16-33-41-34(17-24)52(43-26(3)19-38-45(28(43)5)56-23-54-38)47-40(32-21-30(49(9,10)11)13-15-36(32)58-47)50(41)39-31-20-29(48(6,7)8)12-14-35(31)57-46(39)51(33)42-25(2)18-37-44(27(42)4)55-22-53-37/h12-21H,22-23H2,1-11H3. The van der Waals surface area contributed by atoms with E-state index >= 15 is 0 Å². The molecule has 0 fully saturated rings. The van der Waals surface area contributed by atoms with Gasteiger partial charge in [-0.3, -0.25) is 9.80 Å². The largest absolute Gasteiger partial charge is 0.454 e. The summed E-state index contributed by atoms with van der Waals surface area (Å²) >= 11 is 0. The fourth-order valence-corrected chi connectivity index (χ4v) is 9.95. The van der Waals surface area contributed by atoms with Gasteiger partial charge in [0.1, 0.15) is 11.2 Å². The molecule has 58 heavy (non-hydrogen) atoms. The van der Waals surface area contributed by atoms with Gasteiger partial charge in [-0.1, -0.05) is 53.7 Å². The van der Waals surface area contributed by atoms with E-state index < -0.39 is 0 Å². The van der Waals surface area contributed by atoms with Crippen molar-refractivity contribution >= 4 is 79.6 Å². The molecule has 0 bridgehead atoms. The summed E-state index contributed by atoms with van der Waals surface area (Å²) in [4.78, 5) is 4.71. The molecule has 8 nitrogen and oxygen atoms in total. The Labute approximate surface area is 339 Å². The van der Waals surface area contributed by atoms with Crippen molar-refractivity contribution in [3.63, 3.8) is 0 Å². The Balaban J connectivity index is 1.32. The first-order valence-corrected chi connectivity index (χ1v) is 20.3. The smallest absolute Gasteiger partial charge is 0.262 e. The fraction of sp³-hybridized carbons (Fsp3) is 0.306. The van der Waals surface area contributed by atoms with Crippen molar-refractivity contribution in [1.29, 1.82) is 0 Å². The van der Waals surface area contributed by atoms with E-state index in [9.17, 15) is 0 Å². The van der Waals surface area contributed by atoms with Crippen LogP contribution in [0.25, 0.3) is 21.9 Å². The third-order valence-electron chi connectivity index (χ3n) is 12.7. The first-order valence-electron chi connectivity index (χ1n) is 20.3.